The maximum atomic E-state index is 13.1. The van der Waals surface area contributed by atoms with E-state index in [0.29, 0.717) is 6.07 Å². The molecule has 9 heteroatoms. The fourth-order valence-corrected chi connectivity index (χ4v) is 3.11. The first-order valence-corrected chi connectivity index (χ1v) is 7.21. The Bertz CT molecular complexity index is 494. The first-order chi connectivity index (χ1) is 9.22. The summed E-state index contributed by atoms with van der Waals surface area (Å²) in [6.07, 6.45) is -5.05. The Morgan fingerprint density at radius 3 is 2.15 bits per heavy atom. The first kappa shape index (κ1) is 16.9. The van der Waals surface area contributed by atoms with Crippen LogP contribution in [-0.2, 0) is 13.6 Å². The Kier molecular flexibility index (Phi) is 5.56. The van der Waals surface area contributed by atoms with Crippen LogP contribution in [0.5, 0.6) is 5.75 Å². The third-order valence-corrected chi connectivity index (χ3v) is 4.20. The molecule has 4 nitrogen and oxygen atoms in total. The van der Waals surface area contributed by atoms with E-state index in [1.165, 1.54) is 13.8 Å². The zero-order chi connectivity index (χ0) is 15.4. The van der Waals surface area contributed by atoms with Crippen molar-refractivity contribution in [3.8, 4) is 5.75 Å². The lowest BCUT2D eigenvalue weighted by Gasteiger charge is -2.20. The third-order valence-electron chi connectivity index (χ3n) is 2.04. The second kappa shape index (κ2) is 6.56. The summed E-state index contributed by atoms with van der Waals surface area (Å²) in [7, 11) is -4.01. The standard InChI is InChI=1S/C11H13F4O4P/c1-3-17-20(16,18-4-2)10-6-5-8(12)7-9(10)19-11(13,14)15/h5-7H,3-4H2,1-2H3. The number of ether oxygens (including phenoxy) is 1. The molecule has 0 aliphatic heterocycles. The lowest BCUT2D eigenvalue weighted by molar-refractivity contribution is -0.274. The summed E-state index contributed by atoms with van der Waals surface area (Å²) >= 11 is 0. The van der Waals surface area contributed by atoms with Crippen molar-refractivity contribution in [2.75, 3.05) is 13.2 Å². The number of alkyl halides is 3. The molecule has 0 N–H and O–H groups in total. The molecule has 0 aliphatic carbocycles. The van der Waals surface area contributed by atoms with E-state index in [1.54, 1.807) is 0 Å². The normalized spacial score (nSPS) is 12.5. The minimum Gasteiger partial charge on any atom is -0.405 e. The monoisotopic (exact) mass is 316 g/mol. The highest BCUT2D eigenvalue weighted by Gasteiger charge is 2.37. The van der Waals surface area contributed by atoms with Crippen molar-refractivity contribution in [2.45, 2.75) is 20.2 Å². The van der Waals surface area contributed by atoms with Gasteiger partial charge in [0.1, 0.15) is 16.9 Å². The van der Waals surface area contributed by atoms with Gasteiger partial charge < -0.3 is 13.8 Å². The van der Waals surface area contributed by atoms with Gasteiger partial charge in [-0.1, -0.05) is 0 Å². The summed E-state index contributed by atoms with van der Waals surface area (Å²) in [6.45, 7) is 2.89. The van der Waals surface area contributed by atoms with Crippen LogP contribution in [0.1, 0.15) is 13.8 Å². The molecule has 0 heterocycles. The summed E-state index contributed by atoms with van der Waals surface area (Å²) in [6, 6.07) is 2.22. The molecule has 1 aromatic carbocycles. The van der Waals surface area contributed by atoms with E-state index in [1.807, 2.05) is 0 Å². The molecule has 0 aliphatic rings. The summed E-state index contributed by atoms with van der Waals surface area (Å²) in [5.74, 6) is -1.91. The fourth-order valence-electron chi connectivity index (χ4n) is 1.44. The first-order valence-electron chi connectivity index (χ1n) is 5.67. The zero-order valence-corrected chi connectivity index (χ0v) is 11.6. The van der Waals surface area contributed by atoms with Gasteiger partial charge in [0.2, 0.25) is 0 Å². The number of benzene rings is 1. The number of rotatable bonds is 6. The number of hydrogen-bond acceptors (Lipinski definition) is 4. The molecular weight excluding hydrogens is 303 g/mol. The second-order valence-corrected chi connectivity index (χ2v) is 5.49. The smallest absolute Gasteiger partial charge is 0.405 e. The van der Waals surface area contributed by atoms with Crippen LogP contribution in [0, 0.1) is 5.82 Å². The average Bonchev–Trinajstić information content (AvgIpc) is 2.27. The van der Waals surface area contributed by atoms with Crippen molar-refractivity contribution in [2.24, 2.45) is 0 Å². The van der Waals surface area contributed by atoms with E-state index < -0.39 is 30.8 Å². The highest BCUT2D eigenvalue weighted by Crippen LogP contribution is 2.49. The van der Waals surface area contributed by atoms with E-state index in [2.05, 4.69) is 4.74 Å². The lowest BCUT2D eigenvalue weighted by atomic mass is 10.3. The van der Waals surface area contributed by atoms with Gasteiger partial charge in [0.05, 0.1) is 13.2 Å². The molecule has 0 radical (unpaired) electrons. The molecule has 0 unspecified atom stereocenters. The van der Waals surface area contributed by atoms with E-state index in [9.17, 15) is 22.1 Å². The number of halogens is 4. The molecule has 0 saturated heterocycles. The summed E-state index contributed by atoms with van der Waals surface area (Å²) in [5.41, 5.74) is 0. The molecule has 0 atom stereocenters. The van der Waals surface area contributed by atoms with Crippen LogP contribution in [0.2, 0.25) is 0 Å². The molecule has 0 fully saturated rings. The molecule has 0 bridgehead atoms. The molecular formula is C11H13F4O4P. The minimum absolute atomic E-state index is 0.0554. The summed E-state index contributed by atoms with van der Waals surface area (Å²) < 4.78 is 75.9. The Balaban J connectivity index is 3.30. The second-order valence-electron chi connectivity index (χ2n) is 3.49. The van der Waals surface area contributed by atoms with Crippen LogP contribution >= 0.6 is 7.60 Å². The predicted octanol–water partition coefficient (Wildman–Crippen LogP) is 3.62. The third kappa shape index (κ3) is 4.47. The van der Waals surface area contributed by atoms with E-state index >= 15 is 0 Å². The Hall–Kier alpha value is -1.11. The number of hydrogen-bond donors (Lipinski definition) is 0. The largest absolute Gasteiger partial charge is 0.573 e. The van der Waals surface area contributed by atoms with E-state index in [-0.39, 0.29) is 13.2 Å². The molecule has 1 rings (SSSR count). The van der Waals surface area contributed by atoms with Crippen LogP contribution < -0.4 is 10.0 Å². The van der Waals surface area contributed by atoms with Crippen molar-refractivity contribution in [3.05, 3.63) is 24.0 Å². The minimum atomic E-state index is -5.05. The van der Waals surface area contributed by atoms with Crippen LogP contribution in [-0.4, -0.2) is 19.6 Å². The van der Waals surface area contributed by atoms with E-state index in [4.69, 9.17) is 9.05 Å². The molecule has 0 aromatic heterocycles. The van der Waals surface area contributed by atoms with Gasteiger partial charge in [-0.3, -0.25) is 4.57 Å². The Morgan fingerprint density at radius 1 is 1.15 bits per heavy atom. The Labute approximate surface area is 113 Å². The lowest BCUT2D eigenvalue weighted by Crippen LogP contribution is -2.23. The molecule has 0 spiro atoms. The van der Waals surface area contributed by atoms with Gasteiger partial charge in [-0.2, -0.15) is 0 Å². The average molecular weight is 316 g/mol. The van der Waals surface area contributed by atoms with Crippen LogP contribution in [0.15, 0.2) is 18.2 Å². The van der Waals surface area contributed by atoms with Crippen molar-refractivity contribution in [3.63, 3.8) is 0 Å². The highest BCUT2D eigenvalue weighted by atomic mass is 31.2. The van der Waals surface area contributed by atoms with Crippen molar-refractivity contribution >= 4 is 12.9 Å². The van der Waals surface area contributed by atoms with Crippen molar-refractivity contribution in [1.82, 2.24) is 0 Å². The molecule has 0 saturated carbocycles. The van der Waals surface area contributed by atoms with Crippen LogP contribution in [0.4, 0.5) is 17.6 Å². The SMILES string of the molecule is CCOP(=O)(OCC)c1ccc(F)cc1OC(F)(F)F. The molecule has 0 amide bonds. The van der Waals surface area contributed by atoms with Gasteiger partial charge in [0, 0.05) is 6.07 Å². The topological polar surface area (TPSA) is 44.8 Å². The predicted molar refractivity (Wildman–Crippen MR) is 63.6 cm³/mol. The molecule has 20 heavy (non-hydrogen) atoms. The van der Waals surface area contributed by atoms with Gasteiger partial charge in [-0.25, -0.2) is 4.39 Å². The van der Waals surface area contributed by atoms with Gasteiger partial charge in [0.25, 0.3) is 0 Å². The van der Waals surface area contributed by atoms with Crippen LogP contribution in [0.25, 0.3) is 0 Å². The van der Waals surface area contributed by atoms with Gasteiger partial charge in [0.15, 0.2) is 0 Å². The summed E-state index contributed by atoms with van der Waals surface area (Å²) in [4.78, 5) is 0. The van der Waals surface area contributed by atoms with Crippen LogP contribution in [0.3, 0.4) is 0 Å². The summed E-state index contributed by atoms with van der Waals surface area (Å²) in [5, 5.41) is -0.472. The van der Waals surface area contributed by atoms with Gasteiger partial charge in [-0.05, 0) is 26.0 Å². The molecule has 1 aromatic rings. The van der Waals surface area contributed by atoms with Crippen molar-refractivity contribution in [1.29, 1.82) is 0 Å². The van der Waals surface area contributed by atoms with E-state index in [0.717, 1.165) is 12.1 Å². The van der Waals surface area contributed by atoms with Gasteiger partial charge >= 0.3 is 14.0 Å². The fraction of sp³-hybridized carbons (Fsp3) is 0.455. The molecule has 114 valence electrons. The Morgan fingerprint density at radius 2 is 1.70 bits per heavy atom. The zero-order valence-electron chi connectivity index (χ0n) is 10.7. The quantitative estimate of drug-likeness (QED) is 0.594. The maximum Gasteiger partial charge on any atom is 0.573 e. The highest BCUT2D eigenvalue weighted by molar-refractivity contribution is 7.62. The van der Waals surface area contributed by atoms with Crippen molar-refractivity contribution < 1.29 is 35.9 Å². The van der Waals surface area contributed by atoms with Gasteiger partial charge in [-0.15, -0.1) is 13.2 Å². The maximum absolute atomic E-state index is 13.1.